The molecule has 1 atom stereocenters. The number of para-hydroxylation sites is 1. The normalized spacial score (nSPS) is 14.3. The van der Waals surface area contributed by atoms with Crippen LogP contribution in [-0.4, -0.2) is 39.8 Å². The molecule has 8 heteroatoms. The summed E-state index contributed by atoms with van der Waals surface area (Å²) in [6.07, 6.45) is 1.42. The lowest BCUT2D eigenvalue weighted by atomic mass is 10.1. The highest BCUT2D eigenvalue weighted by Crippen LogP contribution is 2.33. The average molecular weight is 390 g/mol. The number of hydrogen-bond acceptors (Lipinski definition) is 5. The number of carbonyl (C=O) groups excluding carboxylic acids is 1. The number of amides is 1. The summed E-state index contributed by atoms with van der Waals surface area (Å²) in [7, 11) is -3.65. The second-order valence-corrected chi connectivity index (χ2v) is 8.03. The molecule has 0 spiro atoms. The van der Waals surface area contributed by atoms with E-state index in [2.05, 4.69) is 5.32 Å². The standard InChI is InChI=1S/C19H22N2O5S/c1-3-16(21(27(2,23)24)15-7-5-4-6-8-15)19(22)20-14-9-10-17-18(13-14)26-12-11-25-17/h4-10,13,16H,3,11-12H2,1-2H3,(H,20,22)/t16-/m1/s1. The second-order valence-electron chi connectivity index (χ2n) is 6.17. The smallest absolute Gasteiger partial charge is 0.248 e. The van der Waals surface area contributed by atoms with Gasteiger partial charge in [0.1, 0.15) is 19.3 Å². The maximum absolute atomic E-state index is 12.9. The van der Waals surface area contributed by atoms with Gasteiger partial charge in [-0.05, 0) is 30.7 Å². The van der Waals surface area contributed by atoms with E-state index in [1.165, 1.54) is 0 Å². The van der Waals surface area contributed by atoms with Crippen molar-refractivity contribution in [1.29, 1.82) is 0 Å². The van der Waals surface area contributed by atoms with E-state index in [-0.39, 0.29) is 0 Å². The summed E-state index contributed by atoms with van der Waals surface area (Å²) >= 11 is 0. The van der Waals surface area contributed by atoms with Gasteiger partial charge in [0.05, 0.1) is 11.9 Å². The van der Waals surface area contributed by atoms with Gasteiger partial charge >= 0.3 is 0 Å². The molecule has 1 N–H and O–H groups in total. The van der Waals surface area contributed by atoms with Gasteiger partial charge in [0.2, 0.25) is 15.9 Å². The molecule has 1 heterocycles. The van der Waals surface area contributed by atoms with Gasteiger partial charge in [-0.2, -0.15) is 0 Å². The summed E-state index contributed by atoms with van der Waals surface area (Å²) in [6.45, 7) is 2.70. The van der Waals surface area contributed by atoms with Gasteiger partial charge in [-0.25, -0.2) is 8.42 Å². The average Bonchev–Trinajstić information content (AvgIpc) is 2.65. The van der Waals surface area contributed by atoms with E-state index in [9.17, 15) is 13.2 Å². The Bertz CT molecular complexity index is 915. The van der Waals surface area contributed by atoms with Crippen molar-refractivity contribution in [3.05, 3.63) is 48.5 Å². The van der Waals surface area contributed by atoms with Gasteiger partial charge in [-0.3, -0.25) is 9.10 Å². The van der Waals surface area contributed by atoms with E-state index in [0.717, 1.165) is 10.6 Å². The van der Waals surface area contributed by atoms with Crippen molar-refractivity contribution in [3.63, 3.8) is 0 Å². The minimum Gasteiger partial charge on any atom is -0.486 e. The van der Waals surface area contributed by atoms with Gasteiger partial charge in [-0.15, -0.1) is 0 Å². The van der Waals surface area contributed by atoms with Crippen molar-refractivity contribution in [3.8, 4) is 11.5 Å². The van der Waals surface area contributed by atoms with Crippen LogP contribution in [-0.2, 0) is 14.8 Å². The van der Waals surface area contributed by atoms with Crippen molar-refractivity contribution in [2.24, 2.45) is 0 Å². The Kier molecular flexibility index (Phi) is 5.55. The molecule has 0 fully saturated rings. The Morgan fingerprint density at radius 1 is 1.11 bits per heavy atom. The number of sulfonamides is 1. The first kappa shape index (κ1) is 19.0. The summed E-state index contributed by atoms with van der Waals surface area (Å²) in [5.74, 6) is 0.756. The van der Waals surface area contributed by atoms with Crippen molar-refractivity contribution in [2.45, 2.75) is 19.4 Å². The van der Waals surface area contributed by atoms with E-state index < -0.39 is 22.0 Å². The Balaban J connectivity index is 1.86. The molecule has 0 unspecified atom stereocenters. The Morgan fingerprint density at radius 3 is 2.41 bits per heavy atom. The Hall–Kier alpha value is -2.74. The number of anilines is 2. The monoisotopic (exact) mass is 390 g/mol. The largest absolute Gasteiger partial charge is 0.486 e. The number of carbonyl (C=O) groups is 1. The molecule has 27 heavy (non-hydrogen) atoms. The number of fused-ring (bicyclic) bond motifs is 1. The van der Waals surface area contributed by atoms with Gasteiger partial charge < -0.3 is 14.8 Å². The number of nitrogens with zero attached hydrogens (tertiary/aromatic N) is 1. The molecule has 7 nitrogen and oxygen atoms in total. The molecule has 2 aromatic carbocycles. The minimum absolute atomic E-state index is 0.318. The van der Waals surface area contributed by atoms with Crippen LogP contribution >= 0.6 is 0 Å². The molecule has 0 saturated heterocycles. The number of rotatable bonds is 6. The fourth-order valence-electron chi connectivity index (χ4n) is 2.98. The second kappa shape index (κ2) is 7.87. The summed E-state index contributed by atoms with van der Waals surface area (Å²) in [5, 5.41) is 2.78. The molecular formula is C19H22N2O5S. The molecule has 1 aliphatic rings. The molecule has 0 aromatic heterocycles. The predicted octanol–water partition coefficient (Wildman–Crippen LogP) is 2.64. The first-order valence-corrected chi connectivity index (χ1v) is 10.5. The number of benzene rings is 2. The van der Waals surface area contributed by atoms with Crippen molar-refractivity contribution < 1.29 is 22.7 Å². The molecule has 0 bridgehead atoms. The third-order valence-corrected chi connectivity index (χ3v) is 5.33. The highest BCUT2D eigenvalue weighted by molar-refractivity contribution is 7.92. The number of hydrogen-bond donors (Lipinski definition) is 1. The van der Waals surface area contributed by atoms with E-state index in [4.69, 9.17) is 9.47 Å². The fraction of sp³-hybridized carbons (Fsp3) is 0.316. The van der Waals surface area contributed by atoms with Crippen LogP contribution in [0, 0.1) is 0 Å². The van der Waals surface area contributed by atoms with Crippen LogP contribution in [0.3, 0.4) is 0 Å². The van der Waals surface area contributed by atoms with Crippen LogP contribution in [0.25, 0.3) is 0 Å². The lowest BCUT2D eigenvalue weighted by Crippen LogP contribution is -2.46. The van der Waals surface area contributed by atoms with E-state index in [1.807, 2.05) is 0 Å². The third kappa shape index (κ3) is 4.33. The molecule has 3 rings (SSSR count). The molecule has 144 valence electrons. The molecule has 0 saturated carbocycles. The zero-order chi connectivity index (χ0) is 19.4. The van der Waals surface area contributed by atoms with Crippen LogP contribution in [0.4, 0.5) is 11.4 Å². The fourth-order valence-corrected chi connectivity index (χ4v) is 4.19. The van der Waals surface area contributed by atoms with Gasteiger partial charge in [0.25, 0.3) is 0 Å². The summed E-state index contributed by atoms with van der Waals surface area (Å²) in [5.41, 5.74) is 0.966. The van der Waals surface area contributed by atoms with Crippen LogP contribution in [0.2, 0.25) is 0 Å². The van der Waals surface area contributed by atoms with E-state index >= 15 is 0 Å². The highest BCUT2D eigenvalue weighted by Gasteiger charge is 2.31. The molecule has 2 aromatic rings. The molecular weight excluding hydrogens is 368 g/mol. The lowest BCUT2D eigenvalue weighted by molar-refractivity contribution is -0.117. The summed E-state index contributed by atoms with van der Waals surface area (Å²) in [4.78, 5) is 12.9. The first-order chi connectivity index (χ1) is 12.9. The predicted molar refractivity (Wildman–Crippen MR) is 104 cm³/mol. The Labute approximate surface area is 158 Å². The van der Waals surface area contributed by atoms with Gasteiger partial charge in [-0.1, -0.05) is 25.1 Å². The van der Waals surface area contributed by atoms with Crippen LogP contribution in [0.15, 0.2) is 48.5 Å². The van der Waals surface area contributed by atoms with Crippen molar-refractivity contribution in [2.75, 3.05) is 29.1 Å². The van der Waals surface area contributed by atoms with E-state index in [0.29, 0.717) is 42.5 Å². The lowest BCUT2D eigenvalue weighted by Gasteiger charge is -2.30. The number of ether oxygens (including phenoxy) is 2. The highest BCUT2D eigenvalue weighted by atomic mass is 32.2. The zero-order valence-electron chi connectivity index (χ0n) is 15.2. The SMILES string of the molecule is CC[C@H](C(=O)Nc1ccc2c(c1)OCCO2)N(c1ccccc1)S(C)(=O)=O. The van der Waals surface area contributed by atoms with Crippen LogP contribution in [0.5, 0.6) is 11.5 Å². The van der Waals surface area contributed by atoms with Gasteiger partial charge in [0, 0.05) is 11.8 Å². The summed E-state index contributed by atoms with van der Waals surface area (Å²) in [6, 6.07) is 12.8. The number of nitrogens with one attached hydrogen (secondary N) is 1. The molecule has 0 aliphatic carbocycles. The molecule has 1 amide bonds. The topological polar surface area (TPSA) is 84.9 Å². The van der Waals surface area contributed by atoms with Crippen molar-refractivity contribution >= 4 is 27.3 Å². The minimum atomic E-state index is -3.65. The maximum atomic E-state index is 12.9. The van der Waals surface area contributed by atoms with Crippen molar-refractivity contribution in [1.82, 2.24) is 0 Å². The molecule has 0 radical (unpaired) electrons. The van der Waals surface area contributed by atoms with Crippen LogP contribution < -0.4 is 19.1 Å². The third-order valence-electron chi connectivity index (χ3n) is 4.15. The zero-order valence-corrected chi connectivity index (χ0v) is 16.0. The van der Waals surface area contributed by atoms with E-state index in [1.54, 1.807) is 55.5 Å². The Morgan fingerprint density at radius 2 is 1.78 bits per heavy atom. The van der Waals surface area contributed by atoms with Crippen LogP contribution in [0.1, 0.15) is 13.3 Å². The van der Waals surface area contributed by atoms with Gasteiger partial charge in [0.15, 0.2) is 11.5 Å². The first-order valence-electron chi connectivity index (χ1n) is 8.65. The quantitative estimate of drug-likeness (QED) is 0.820. The summed E-state index contributed by atoms with van der Waals surface area (Å²) < 4.78 is 36.9. The molecule has 1 aliphatic heterocycles. The maximum Gasteiger partial charge on any atom is 0.248 e.